The molecule has 1 aromatic carbocycles. The number of benzene rings is 1. The van der Waals surface area contributed by atoms with E-state index in [1.165, 1.54) is 16.6 Å². The summed E-state index contributed by atoms with van der Waals surface area (Å²) in [4.78, 5) is 0. The van der Waals surface area contributed by atoms with Crippen molar-refractivity contribution >= 4 is 10.9 Å². The first-order chi connectivity index (χ1) is 8.13. The largest absolute Gasteiger partial charge is 0.312 e. The van der Waals surface area contributed by atoms with Crippen LogP contribution in [0.5, 0.6) is 0 Å². The third-order valence-electron chi connectivity index (χ3n) is 3.17. The first-order valence-corrected chi connectivity index (χ1v) is 6.22. The van der Waals surface area contributed by atoms with Crippen molar-refractivity contribution in [3.8, 4) is 0 Å². The quantitative estimate of drug-likeness (QED) is 0.877. The van der Waals surface area contributed by atoms with E-state index in [-0.39, 0.29) is 0 Å². The molecule has 0 saturated carbocycles. The number of nitrogens with zero attached hydrogens (tertiary/aromatic N) is 2. The summed E-state index contributed by atoms with van der Waals surface area (Å²) in [6, 6.07) is 8.75. The van der Waals surface area contributed by atoms with Crippen LogP contribution in [0, 0.1) is 5.92 Å². The molecular weight excluding hydrogens is 210 g/mol. The van der Waals surface area contributed by atoms with Crippen molar-refractivity contribution in [2.24, 2.45) is 13.0 Å². The Hall–Kier alpha value is -1.35. The topological polar surface area (TPSA) is 29.9 Å². The van der Waals surface area contributed by atoms with E-state index in [1.54, 1.807) is 0 Å². The summed E-state index contributed by atoms with van der Waals surface area (Å²) in [7, 11) is 4.02. The van der Waals surface area contributed by atoms with E-state index in [0.717, 1.165) is 6.42 Å². The van der Waals surface area contributed by atoms with Gasteiger partial charge in [0.2, 0.25) is 0 Å². The van der Waals surface area contributed by atoms with Crippen LogP contribution in [-0.2, 0) is 7.05 Å². The standard InChI is InChI=1S/C14H21N3/c1-10(2)9-12(15-3)14-11-7-5-6-8-13(11)17(4)16-14/h5-8,10,12,15H,9H2,1-4H3. The monoisotopic (exact) mass is 231 g/mol. The van der Waals surface area contributed by atoms with Crippen LogP contribution in [0.4, 0.5) is 0 Å². The molecule has 17 heavy (non-hydrogen) atoms. The summed E-state index contributed by atoms with van der Waals surface area (Å²) < 4.78 is 1.97. The van der Waals surface area contributed by atoms with Gasteiger partial charge >= 0.3 is 0 Å². The van der Waals surface area contributed by atoms with Crippen molar-refractivity contribution in [1.82, 2.24) is 15.1 Å². The Morgan fingerprint density at radius 2 is 2.00 bits per heavy atom. The number of hydrogen-bond acceptors (Lipinski definition) is 2. The van der Waals surface area contributed by atoms with E-state index in [1.807, 2.05) is 18.8 Å². The second kappa shape index (κ2) is 4.88. The lowest BCUT2D eigenvalue weighted by Gasteiger charge is -2.16. The van der Waals surface area contributed by atoms with Gasteiger partial charge in [0.1, 0.15) is 0 Å². The predicted molar refractivity (Wildman–Crippen MR) is 72.0 cm³/mol. The van der Waals surface area contributed by atoms with Crippen molar-refractivity contribution in [3.05, 3.63) is 30.0 Å². The fourth-order valence-electron chi connectivity index (χ4n) is 2.34. The van der Waals surface area contributed by atoms with Crippen molar-refractivity contribution in [2.45, 2.75) is 26.3 Å². The molecule has 1 heterocycles. The Bertz CT molecular complexity index is 499. The minimum atomic E-state index is 0.334. The Morgan fingerprint density at radius 3 is 2.65 bits per heavy atom. The third kappa shape index (κ3) is 2.34. The second-order valence-electron chi connectivity index (χ2n) is 5.00. The van der Waals surface area contributed by atoms with Crippen molar-refractivity contribution in [3.63, 3.8) is 0 Å². The average molecular weight is 231 g/mol. The van der Waals surface area contributed by atoms with Crippen LogP contribution in [0.15, 0.2) is 24.3 Å². The summed E-state index contributed by atoms with van der Waals surface area (Å²) in [5, 5.41) is 9.31. The van der Waals surface area contributed by atoms with Gasteiger partial charge in [-0.05, 0) is 25.5 Å². The lowest BCUT2D eigenvalue weighted by Crippen LogP contribution is -2.19. The molecule has 1 aromatic heterocycles. The molecule has 2 aromatic rings. The van der Waals surface area contributed by atoms with Gasteiger partial charge in [-0.25, -0.2) is 0 Å². The maximum atomic E-state index is 4.67. The first kappa shape index (κ1) is 12.1. The summed E-state index contributed by atoms with van der Waals surface area (Å²) in [6.45, 7) is 4.49. The summed E-state index contributed by atoms with van der Waals surface area (Å²) in [6.07, 6.45) is 1.11. The number of fused-ring (bicyclic) bond motifs is 1. The van der Waals surface area contributed by atoms with Crippen molar-refractivity contribution < 1.29 is 0 Å². The van der Waals surface area contributed by atoms with Gasteiger partial charge in [0.25, 0.3) is 0 Å². The normalized spacial score (nSPS) is 13.5. The molecule has 1 N–H and O–H groups in total. The molecule has 92 valence electrons. The summed E-state index contributed by atoms with van der Waals surface area (Å²) in [5.41, 5.74) is 2.37. The fourth-order valence-corrected chi connectivity index (χ4v) is 2.34. The molecule has 1 unspecified atom stereocenters. The highest BCUT2D eigenvalue weighted by molar-refractivity contribution is 5.82. The highest BCUT2D eigenvalue weighted by atomic mass is 15.3. The number of aryl methyl sites for hydroxylation is 1. The number of rotatable bonds is 4. The Morgan fingerprint density at radius 1 is 1.29 bits per heavy atom. The number of aromatic nitrogens is 2. The smallest absolute Gasteiger partial charge is 0.0872 e. The molecule has 0 aliphatic heterocycles. The van der Waals surface area contributed by atoms with Crippen LogP contribution >= 0.6 is 0 Å². The lowest BCUT2D eigenvalue weighted by molar-refractivity contribution is 0.447. The highest BCUT2D eigenvalue weighted by Crippen LogP contribution is 2.26. The van der Waals surface area contributed by atoms with Crippen LogP contribution in [0.1, 0.15) is 32.0 Å². The summed E-state index contributed by atoms with van der Waals surface area (Å²) >= 11 is 0. The van der Waals surface area contributed by atoms with Gasteiger partial charge in [0.05, 0.1) is 17.3 Å². The first-order valence-electron chi connectivity index (χ1n) is 6.22. The van der Waals surface area contributed by atoms with E-state index in [2.05, 4.69) is 48.5 Å². The van der Waals surface area contributed by atoms with Crippen molar-refractivity contribution in [1.29, 1.82) is 0 Å². The summed E-state index contributed by atoms with van der Waals surface area (Å²) in [5.74, 6) is 0.660. The van der Waals surface area contributed by atoms with E-state index >= 15 is 0 Å². The van der Waals surface area contributed by atoms with Crippen LogP contribution in [0.25, 0.3) is 10.9 Å². The Balaban J connectivity index is 2.46. The molecule has 0 fully saturated rings. The molecule has 0 bridgehead atoms. The van der Waals surface area contributed by atoms with Crippen molar-refractivity contribution in [2.75, 3.05) is 7.05 Å². The molecule has 0 radical (unpaired) electrons. The number of nitrogens with one attached hydrogen (secondary N) is 1. The van der Waals surface area contributed by atoms with Gasteiger partial charge in [-0.2, -0.15) is 5.10 Å². The lowest BCUT2D eigenvalue weighted by atomic mass is 9.99. The van der Waals surface area contributed by atoms with Crippen LogP contribution in [0.3, 0.4) is 0 Å². The molecule has 1 atom stereocenters. The van der Waals surface area contributed by atoms with E-state index < -0.39 is 0 Å². The molecule has 3 nitrogen and oxygen atoms in total. The van der Waals surface area contributed by atoms with Gasteiger partial charge in [-0.1, -0.05) is 32.0 Å². The Labute approximate surface area is 103 Å². The van der Waals surface area contributed by atoms with Crippen LogP contribution < -0.4 is 5.32 Å². The number of hydrogen-bond donors (Lipinski definition) is 1. The van der Waals surface area contributed by atoms with E-state index in [9.17, 15) is 0 Å². The maximum Gasteiger partial charge on any atom is 0.0872 e. The molecular formula is C14H21N3. The molecule has 3 heteroatoms. The molecule has 0 aliphatic carbocycles. The SMILES string of the molecule is CNC(CC(C)C)c1nn(C)c2ccccc12. The molecule has 0 amide bonds. The van der Waals surface area contributed by atoms with Gasteiger partial charge in [-0.3, -0.25) is 4.68 Å². The minimum Gasteiger partial charge on any atom is -0.312 e. The molecule has 0 saturated heterocycles. The van der Waals surface area contributed by atoms with E-state index in [0.29, 0.717) is 12.0 Å². The third-order valence-corrected chi connectivity index (χ3v) is 3.17. The van der Waals surface area contributed by atoms with Gasteiger partial charge in [0.15, 0.2) is 0 Å². The average Bonchev–Trinajstić information content (AvgIpc) is 2.64. The van der Waals surface area contributed by atoms with Gasteiger partial charge in [-0.15, -0.1) is 0 Å². The Kier molecular flexibility index (Phi) is 3.48. The predicted octanol–water partition coefficient (Wildman–Crippen LogP) is 2.88. The zero-order chi connectivity index (χ0) is 12.4. The maximum absolute atomic E-state index is 4.67. The second-order valence-corrected chi connectivity index (χ2v) is 5.00. The van der Waals surface area contributed by atoms with Crippen LogP contribution in [-0.4, -0.2) is 16.8 Å². The molecule has 0 aliphatic rings. The molecule has 0 spiro atoms. The van der Waals surface area contributed by atoms with E-state index in [4.69, 9.17) is 0 Å². The number of para-hydroxylation sites is 1. The van der Waals surface area contributed by atoms with Crippen LogP contribution in [0.2, 0.25) is 0 Å². The van der Waals surface area contributed by atoms with Gasteiger partial charge < -0.3 is 5.32 Å². The molecule has 2 rings (SSSR count). The zero-order valence-electron chi connectivity index (χ0n) is 11.1. The minimum absolute atomic E-state index is 0.334. The zero-order valence-corrected chi connectivity index (χ0v) is 11.1. The highest BCUT2D eigenvalue weighted by Gasteiger charge is 2.18. The van der Waals surface area contributed by atoms with Gasteiger partial charge in [0, 0.05) is 12.4 Å². The fraction of sp³-hybridized carbons (Fsp3) is 0.500.